The lowest BCUT2D eigenvalue weighted by Crippen LogP contribution is -2.25. The van der Waals surface area contributed by atoms with Gasteiger partial charge in [-0.25, -0.2) is 4.68 Å². The molecule has 0 radical (unpaired) electrons. The van der Waals surface area contributed by atoms with Crippen molar-refractivity contribution in [3.63, 3.8) is 0 Å². The van der Waals surface area contributed by atoms with Crippen molar-refractivity contribution in [2.45, 2.75) is 26.8 Å². The zero-order valence-electron chi connectivity index (χ0n) is 17.2. The molecule has 4 rings (SSSR count). The number of hydrogen-bond acceptors (Lipinski definition) is 3. The summed E-state index contributed by atoms with van der Waals surface area (Å²) in [5.41, 5.74) is 6.12. The van der Waals surface area contributed by atoms with Gasteiger partial charge in [0, 0.05) is 30.2 Å². The Morgan fingerprint density at radius 3 is 2.37 bits per heavy atom. The maximum absolute atomic E-state index is 12.4. The van der Waals surface area contributed by atoms with E-state index in [-0.39, 0.29) is 5.91 Å². The van der Waals surface area contributed by atoms with E-state index in [0.717, 1.165) is 29.1 Å². The number of nitrogens with one attached hydrogen (secondary N) is 1. The lowest BCUT2D eigenvalue weighted by Gasteiger charge is -2.08. The molecule has 2 aromatic carbocycles. The molecule has 0 fully saturated rings. The molecular formula is C24H25N5O. The molecule has 0 saturated heterocycles. The second-order valence-corrected chi connectivity index (χ2v) is 7.41. The molecule has 30 heavy (non-hydrogen) atoms. The van der Waals surface area contributed by atoms with Crippen molar-refractivity contribution < 1.29 is 4.79 Å². The van der Waals surface area contributed by atoms with Crippen molar-refractivity contribution in [3.05, 3.63) is 101 Å². The third-order valence-electron chi connectivity index (χ3n) is 5.01. The van der Waals surface area contributed by atoms with E-state index in [1.807, 2.05) is 59.7 Å². The van der Waals surface area contributed by atoms with Crippen LogP contribution in [0.5, 0.6) is 0 Å². The molecule has 2 aromatic heterocycles. The van der Waals surface area contributed by atoms with E-state index in [4.69, 9.17) is 0 Å². The Morgan fingerprint density at radius 2 is 1.73 bits per heavy atom. The van der Waals surface area contributed by atoms with Crippen LogP contribution in [0.4, 0.5) is 0 Å². The van der Waals surface area contributed by atoms with Gasteiger partial charge in [-0.1, -0.05) is 24.3 Å². The number of amides is 1. The standard InChI is InChI=1S/C24H25N5O/c1-18-16-19(2)29(27-18)23-10-6-20(7-11-23)12-14-25-24(30)22-8-4-21(5-9-22)17-28-15-3-13-26-28/h3-11,13,15-16H,12,14,17H2,1-2H3,(H,25,30). The Morgan fingerprint density at radius 1 is 1.00 bits per heavy atom. The van der Waals surface area contributed by atoms with Crippen LogP contribution in [0, 0.1) is 13.8 Å². The summed E-state index contributed by atoms with van der Waals surface area (Å²) in [6, 6.07) is 19.9. The summed E-state index contributed by atoms with van der Waals surface area (Å²) < 4.78 is 3.80. The number of hydrogen-bond donors (Lipinski definition) is 1. The predicted molar refractivity (Wildman–Crippen MR) is 117 cm³/mol. The van der Waals surface area contributed by atoms with E-state index in [1.54, 1.807) is 6.20 Å². The third kappa shape index (κ3) is 4.66. The molecule has 0 bridgehead atoms. The van der Waals surface area contributed by atoms with Gasteiger partial charge in [-0.05, 0) is 67.8 Å². The number of rotatable bonds is 7. The van der Waals surface area contributed by atoms with Crippen LogP contribution in [0.25, 0.3) is 5.69 Å². The molecule has 152 valence electrons. The van der Waals surface area contributed by atoms with Crippen molar-refractivity contribution in [2.24, 2.45) is 0 Å². The minimum absolute atomic E-state index is 0.0556. The lowest BCUT2D eigenvalue weighted by molar-refractivity contribution is 0.0954. The zero-order valence-corrected chi connectivity index (χ0v) is 17.2. The highest BCUT2D eigenvalue weighted by atomic mass is 16.1. The average Bonchev–Trinajstić information content (AvgIpc) is 3.38. The molecule has 6 nitrogen and oxygen atoms in total. The van der Waals surface area contributed by atoms with Gasteiger partial charge in [0.25, 0.3) is 5.91 Å². The minimum Gasteiger partial charge on any atom is -0.352 e. The van der Waals surface area contributed by atoms with E-state index in [1.165, 1.54) is 5.56 Å². The first-order valence-corrected chi connectivity index (χ1v) is 10.1. The largest absolute Gasteiger partial charge is 0.352 e. The second-order valence-electron chi connectivity index (χ2n) is 7.41. The smallest absolute Gasteiger partial charge is 0.251 e. The zero-order chi connectivity index (χ0) is 20.9. The van der Waals surface area contributed by atoms with Crippen LogP contribution >= 0.6 is 0 Å². The van der Waals surface area contributed by atoms with Crippen molar-refractivity contribution in [1.82, 2.24) is 24.9 Å². The molecule has 0 aliphatic rings. The van der Waals surface area contributed by atoms with Gasteiger partial charge in [0.1, 0.15) is 0 Å². The number of aryl methyl sites for hydroxylation is 2. The number of carbonyl (C=O) groups is 1. The Hall–Kier alpha value is -3.67. The van der Waals surface area contributed by atoms with Gasteiger partial charge in [0.05, 0.1) is 17.9 Å². The van der Waals surface area contributed by atoms with Gasteiger partial charge in [-0.2, -0.15) is 10.2 Å². The van der Waals surface area contributed by atoms with Crippen LogP contribution in [0.2, 0.25) is 0 Å². The topological polar surface area (TPSA) is 64.7 Å². The van der Waals surface area contributed by atoms with Gasteiger partial charge in [-0.15, -0.1) is 0 Å². The highest BCUT2D eigenvalue weighted by Crippen LogP contribution is 2.13. The number of benzene rings is 2. The fourth-order valence-corrected chi connectivity index (χ4v) is 3.46. The van der Waals surface area contributed by atoms with E-state index >= 15 is 0 Å². The van der Waals surface area contributed by atoms with Crippen LogP contribution in [-0.4, -0.2) is 32.0 Å². The highest BCUT2D eigenvalue weighted by molar-refractivity contribution is 5.94. The molecule has 6 heteroatoms. The quantitative estimate of drug-likeness (QED) is 0.515. The number of carbonyl (C=O) groups excluding carboxylic acids is 1. The summed E-state index contributed by atoms with van der Waals surface area (Å²) >= 11 is 0. The average molecular weight is 399 g/mol. The molecule has 4 aromatic rings. The van der Waals surface area contributed by atoms with Gasteiger partial charge in [0.2, 0.25) is 0 Å². The van der Waals surface area contributed by atoms with Crippen molar-refractivity contribution >= 4 is 5.91 Å². The van der Waals surface area contributed by atoms with Gasteiger partial charge in [0.15, 0.2) is 0 Å². The summed E-state index contributed by atoms with van der Waals surface area (Å²) in [7, 11) is 0. The molecule has 0 spiro atoms. The highest BCUT2D eigenvalue weighted by Gasteiger charge is 2.06. The van der Waals surface area contributed by atoms with E-state index in [0.29, 0.717) is 18.7 Å². The fourth-order valence-electron chi connectivity index (χ4n) is 3.46. The first-order valence-electron chi connectivity index (χ1n) is 10.1. The van der Waals surface area contributed by atoms with Gasteiger partial charge in [-0.3, -0.25) is 9.48 Å². The molecular weight excluding hydrogens is 374 g/mol. The Balaban J connectivity index is 1.28. The molecule has 2 heterocycles. The van der Waals surface area contributed by atoms with Crippen molar-refractivity contribution in [1.29, 1.82) is 0 Å². The predicted octanol–water partition coefficient (Wildman–Crippen LogP) is 3.71. The monoisotopic (exact) mass is 399 g/mol. The second kappa shape index (κ2) is 8.78. The summed E-state index contributed by atoms with van der Waals surface area (Å²) in [6.07, 6.45) is 4.46. The van der Waals surface area contributed by atoms with Gasteiger partial charge < -0.3 is 5.32 Å². The van der Waals surface area contributed by atoms with Crippen LogP contribution in [0.15, 0.2) is 73.1 Å². The molecule has 0 unspecified atom stereocenters. The molecule has 0 aliphatic carbocycles. The normalized spacial score (nSPS) is 10.9. The molecule has 0 saturated carbocycles. The maximum atomic E-state index is 12.4. The summed E-state index contributed by atoms with van der Waals surface area (Å²) in [5, 5.41) is 11.7. The molecule has 0 atom stereocenters. The molecule has 1 amide bonds. The van der Waals surface area contributed by atoms with E-state index in [9.17, 15) is 4.79 Å². The Kier molecular flexibility index (Phi) is 5.75. The first-order chi connectivity index (χ1) is 14.6. The molecule has 0 aliphatic heterocycles. The fraction of sp³-hybridized carbons (Fsp3) is 0.208. The van der Waals surface area contributed by atoms with Crippen LogP contribution < -0.4 is 5.32 Å². The lowest BCUT2D eigenvalue weighted by atomic mass is 10.1. The third-order valence-corrected chi connectivity index (χ3v) is 5.01. The van der Waals surface area contributed by atoms with Crippen molar-refractivity contribution in [2.75, 3.05) is 6.54 Å². The summed E-state index contributed by atoms with van der Waals surface area (Å²) in [4.78, 5) is 12.4. The SMILES string of the molecule is Cc1cc(C)n(-c2ccc(CCNC(=O)c3ccc(Cn4cccn4)cc3)cc2)n1. The minimum atomic E-state index is -0.0556. The van der Waals surface area contributed by atoms with Crippen LogP contribution in [-0.2, 0) is 13.0 Å². The van der Waals surface area contributed by atoms with Crippen molar-refractivity contribution in [3.8, 4) is 5.69 Å². The Labute approximate surface area is 176 Å². The summed E-state index contributed by atoms with van der Waals surface area (Å²) in [5.74, 6) is -0.0556. The maximum Gasteiger partial charge on any atom is 0.251 e. The number of nitrogens with zero attached hydrogens (tertiary/aromatic N) is 4. The Bertz CT molecular complexity index is 1110. The van der Waals surface area contributed by atoms with E-state index in [2.05, 4.69) is 45.8 Å². The molecule has 1 N–H and O–H groups in total. The first kappa shape index (κ1) is 19.6. The van der Waals surface area contributed by atoms with Crippen LogP contribution in [0.3, 0.4) is 0 Å². The van der Waals surface area contributed by atoms with E-state index < -0.39 is 0 Å². The number of aromatic nitrogens is 4. The summed E-state index contributed by atoms with van der Waals surface area (Å²) in [6.45, 7) is 5.33. The van der Waals surface area contributed by atoms with Crippen LogP contribution in [0.1, 0.15) is 32.9 Å². The van der Waals surface area contributed by atoms with Gasteiger partial charge >= 0.3 is 0 Å².